The summed E-state index contributed by atoms with van der Waals surface area (Å²) >= 11 is 0. The Morgan fingerprint density at radius 3 is 2.26 bits per heavy atom. The number of aryl methyl sites for hydroxylation is 1. The summed E-state index contributed by atoms with van der Waals surface area (Å²) in [5.74, 6) is 0.634. The highest BCUT2D eigenvalue weighted by atomic mass is 16.6. The molecule has 1 unspecified atom stereocenters. The fraction of sp³-hybridized carbons (Fsp3) is 0.368. The average Bonchev–Trinajstić information content (AvgIpc) is 2.56. The molecule has 23 heavy (non-hydrogen) atoms. The predicted octanol–water partition coefficient (Wildman–Crippen LogP) is 5.47. The van der Waals surface area contributed by atoms with Crippen LogP contribution in [0.25, 0.3) is 0 Å². The van der Waals surface area contributed by atoms with Gasteiger partial charge in [-0.25, -0.2) is 0 Å². The maximum atomic E-state index is 10.6. The summed E-state index contributed by atoms with van der Waals surface area (Å²) < 4.78 is 5.85. The molecule has 2 aromatic rings. The summed E-state index contributed by atoms with van der Waals surface area (Å²) in [5, 5.41) is 10.6. The Kier molecular flexibility index (Phi) is 6.15. The van der Waals surface area contributed by atoms with Crippen LogP contribution in [0.15, 0.2) is 48.5 Å². The van der Waals surface area contributed by atoms with Crippen LogP contribution in [0.1, 0.15) is 50.3 Å². The van der Waals surface area contributed by atoms with E-state index in [2.05, 4.69) is 31.2 Å². The molecule has 2 aromatic carbocycles. The van der Waals surface area contributed by atoms with Crippen molar-refractivity contribution >= 4 is 5.69 Å². The van der Waals surface area contributed by atoms with E-state index in [1.807, 2.05) is 6.92 Å². The van der Waals surface area contributed by atoms with E-state index in [4.69, 9.17) is 4.74 Å². The van der Waals surface area contributed by atoms with Crippen molar-refractivity contribution < 1.29 is 9.66 Å². The number of rotatable bonds is 8. The van der Waals surface area contributed by atoms with Gasteiger partial charge in [0.15, 0.2) is 0 Å². The van der Waals surface area contributed by atoms with Gasteiger partial charge in [-0.2, -0.15) is 0 Å². The highest BCUT2D eigenvalue weighted by Crippen LogP contribution is 2.24. The van der Waals surface area contributed by atoms with Gasteiger partial charge < -0.3 is 4.74 Å². The summed E-state index contributed by atoms with van der Waals surface area (Å²) in [4.78, 5) is 10.2. The molecule has 4 nitrogen and oxygen atoms in total. The molecule has 0 heterocycles. The molecule has 0 fully saturated rings. The molecule has 0 aliphatic carbocycles. The minimum Gasteiger partial charge on any atom is -0.486 e. The lowest BCUT2D eigenvalue weighted by Crippen LogP contribution is -2.03. The van der Waals surface area contributed by atoms with E-state index in [0.29, 0.717) is 5.75 Å². The van der Waals surface area contributed by atoms with Gasteiger partial charge in [0.1, 0.15) is 11.9 Å². The van der Waals surface area contributed by atoms with E-state index in [1.54, 1.807) is 12.1 Å². The van der Waals surface area contributed by atoms with Gasteiger partial charge in [0, 0.05) is 12.1 Å². The number of unbranched alkanes of at least 4 members (excludes halogenated alkanes) is 2. The Labute approximate surface area is 137 Å². The molecule has 0 aliphatic rings. The van der Waals surface area contributed by atoms with Gasteiger partial charge in [-0.1, -0.05) is 44.0 Å². The van der Waals surface area contributed by atoms with Crippen LogP contribution in [-0.2, 0) is 6.42 Å². The van der Waals surface area contributed by atoms with Gasteiger partial charge in [0.25, 0.3) is 5.69 Å². The normalized spacial score (nSPS) is 11.9. The zero-order valence-electron chi connectivity index (χ0n) is 13.7. The summed E-state index contributed by atoms with van der Waals surface area (Å²) in [5.41, 5.74) is 2.52. The lowest BCUT2D eigenvalue weighted by Gasteiger charge is -2.15. The van der Waals surface area contributed by atoms with Crippen LogP contribution in [0.5, 0.6) is 5.75 Å². The molecule has 0 saturated heterocycles. The van der Waals surface area contributed by atoms with Gasteiger partial charge in [-0.05, 0) is 43.0 Å². The van der Waals surface area contributed by atoms with Crippen molar-refractivity contribution in [2.45, 2.75) is 45.6 Å². The molecule has 0 amide bonds. The quantitative estimate of drug-likeness (QED) is 0.369. The summed E-state index contributed by atoms with van der Waals surface area (Å²) in [6.07, 6.45) is 4.75. The molecular weight excluding hydrogens is 290 g/mol. The first kappa shape index (κ1) is 17.0. The lowest BCUT2D eigenvalue weighted by molar-refractivity contribution is -0.384. The zero-order chi connectivity index (χ0) is 16.7. The smallest absolute Gasteiger partial charge is 0.269 e. The summed E-state index contributed by atoms with van der Waals surface area (Å²) in [6.45, 7) is 4.19. The van der Waals surface area contributed by atoms with Crippen LogP contribution >= 0.6 is 0 Å². The summed E-state index contributed by atoms with van der Waals surface area (Å²) in [6, 6.07) is 14.7. The zero-order valence-corrected chi connectivity index (χ0v) is 13.7. The van der Waals surface area contributed by atoms with E-state index >= 15 is 0 Å². The molecule has 1 atom stereocenters. The Balaban J connectivity index is 1.94. The second-order valence-corrected chi connectivity index (χ2v) is 5.71. The first-order valence-corrected chi connectivity index (χ1v) is 8.10. The topological polar surface area (TPSA) is 52.4 Å². The number of nitro benzene ring substituents is 1. The lowest BCUT2D eigenvalue weighted by atomic mass is 10.0. The SMILES string of the molecule is CCCCCc1ccc(C(C)Oc2ccc([N+](=O)[O-])cc2)cc1. The maximum absolute atomic E-state index is 10.6. The second kappa shape index (κ2) is 8.32. The van der Waals surface area contributed by atoms with E-state index in [0.717, 1.165) is 12.0 Å². The van der Waals surface area contributed by atoms with Gasteiger partial charge in [-0.3, -0.25) is 10.1 Å². The molecule has 4 heteroatoms. The third-order valence-corrected chi connectivity index (χ3v) is 3.88. The highest BCUT2D eigenvalue weighted by molar-refractivity contribution is 5.36. The van der Waals surface area contributed by atoms with Crippen LogP contribution in [0, 0.1) is 10.1 Å². The number of nitrogens with zero attached hydrogens (tertiary/aromatic N) is 1. The molecule has 0 bridgehead atoms. The van der Waals surface area contributed by atoms with Crippen LogP contribution in [-0.4, -0.2) is 4.92 Å². The van der Waals surface area contributed by atoms with E-state index in [9.17, 15) is 10.1 Å². The number of hydrogen-bond acceptors (Lipinski definition) is 3. The molecule has 0 aromatic heterocycles. The minimum atomic E-state index is -0.412. The van der Waals surface area contributed by atoms with Crippen molar-refractivity contribution in [1.29, 1.82) is 0 Å². The fourth-order valence-corrected chi connectivity index (χ4v) is 2.45. The number of benzene rings is 2. The maximum Gasteiger partial charge on any atom is 0.269 e. The first-order valence-electron chi connectivity index (χ1n) is 8.10. The van der Waals surface area contributed by atoms with E-state index < -0.39 is 4.92 Å². The van der Waals surface area contributed by atoms with Crippen LogP contribution in [0.2, 0.25) is 0 Å². The summed E-state index contributed by atoms with van der Waals surface area (Å²) in [7, 11) is 0. The van der Waals surface area contributed by atoms with Crippen molar-refractivity contribution in [3.05, 3.63) is 69.8 Å². The Morgan fingerprint density at radius 2 is 1.70 bits per heavy atom. The Hall–Kier alpha value is -2.36. The number of hydrogen-bond donors (Lipinski definition) is 0. The molecule has 122 valence electrons. The molecule has 0 radical (unpaired) electrons. The van der Waals surface area contributed by atoms with E-state index in [-0.39, 0.29) is 11.8 Å². The van der Waals surface area contributed by atoms with Crippen molar-refractivity contribution in [3.63, 3.8) is 0 Å². The monoisotopic (exact) mass is 313 g/mol. The van der Waals surface area contributed by atoms with Gasteiger partial charge in [0.2, 0.25) is 0 Å². The number of nitro groups is 1. The molecule has 2 rings (SSSR count). The number of non-ortho nitro benzene ring substituents is 1. The first-order chi connectivity index (χ1) is 11.1. The highest BCUT2D eigenvalue weighted by Gasteiger charge is 2.09. The molecule has 0 spiro atoms. The van der Waals surface area contributed by atoms with Crippen molar-refractivity contribution in [2.75, 3.05) is 0 Å². The van der Waals surface area contributed by atoms with Crippen LogP contribution < -0.4 is 4.74 Å². The molecule has 0 N–H and O–H groups in total. The second-order valence-electron chi connectivity index (χ2n) is 5.71. The van der Waals surface area contributed by atoms with Crippen molar-refractivity contribution in [2.24, 2.45) is 0 Å². The largest absolute Gasteiger partial charge is 0.486 e. The third kappa shape index (κ3) is 5.09. The van der Waals surface area contributed by atoms with Gasteiger partial charge >= 0.3 is 0 Å². The average molecular weight is 313 g/mol. The Bertz CT molecular complexity index is 620. The van der Waals surface area contributed by atoms with E-state index in [1.165, 1.54) is 37.0 Å². The van der Waals surface area contributed by atoms with Crippen molar-refractivity contribution in [3.8, 4) is 5.75 Å². The molecule has 0 aliphatic heterocycles. The molecular formula is C19H23NO3. The van der Waals surface area contributed by atoms with Crippen LogP contribution in [0.3, 0.4) is 0 Å². The van der Waals surface area contributed by atoms with Crippen molar-refractivity contribution in [1.82, 2.24) is 0 Å². The van der Waals surface area contributed by atoms with Gasteiger partial charge in [-0.15, -0.1) is 0 Å². The predicted molar refractivity (Wildman–Crippen MR) is 91.8 cm³/mol. The fourth-order valence-electron chi connectivity index (χ4n) is 2.45. The third-order valence-electron chi connectivity index (χ3n) is 3.88. The number of ether oxygens (including phenoxy) is 1. The minimum absolute atomic E-state index is 0.0708. The molecule has 0 saturated carbocycles. The van der Waals surface area contributed by atoms with Gasteiger partial charge in [0.05, 0.1) is 4.92 Å². The van der Waals surface area contributed by atoms with Crippen LogP contribution in [0.4, 0.5) is 5.69 Å². The Morgan fingerprint density at radius 1 is 1.04 bits per heavy atom. The standard InChI is InChI=1S/C19H23NO3/c1-3-4-5-6-16-7-9-17(10-8-16)15(2)23-19-13-11-18(12-14-19)20(21)22/h7-15H,3-6H2,1-2H3.